The molecule has 0 saturated carbocycles. The van der Waals surface area contributed by atoms with Gasteiger partial charge < -0.3 is 14.2 Å². The fourth-order valence-corrected chi connectivity index (χ4v) is 5.30. The van der Waals surface area contributed by atoms with E-state index in [0.29, 0.717) is 5.92 Å². The third-order valence-corrected chi connectivity index (χ3v) is 6.91. The Bertz CT molecular complexity index is 1030. The fourth-order valence-electron chi connectivity index (χ4n) is 4.71. The second kappa shape index (κ2) is 9.36. The summed E-state index contributed by atoms with van der Waals surface area (Å²) in [5.74, 6) is 1.72. The molecule has 1 aliphatic heterocycles. The minimum absolute atomic E-state index is 0.121. The average Bonchev–Trinajstić information content (AvgIpc) is 3.14. The summed E-state index contributed by atoms with van der Waals surface area (Å²) >= 11 is 3.67. The SMILES string of the molecule is COc1ccccc1C1CCN(CCCn2cc(C(C)=O)c3cccc(Br)c32)CC1. The van der Waals surface area contributed by atoms with E-state index in [0.717, 1.165) is 59.3 Å². The first-order chi connectivity index (χ1) is 14.6. The molecule has 2 heterocycles. The van der Waals surface area contributed by atoms with Crippen LogP contribution >= 0.6 is 15.9 Å². The molecular weight excluding hydrogens is 440 g/mol. The van der Waals surface area contributed by atoms with Crippen molar-refractivity contribution in [3.05, 3.63) is 64.3 Å². The summed E-state index contributed by atoms with van der Waals surface area (Å²) in [4.78, 5) is 14.6. The van der Waals surface area contributed by atoms with Gasteiger partial charge in [0.05, 0.1) is 12.6 Å². The lowest BCUT2D eigenvalue weighted by atomic mass is 9.89. The van der Waals surface area contributed by atoms with Crippen LogP contribution in [0.15, 0.2) is 53.1 Å². The van der Waals surface area contributed by atoms with E-state index in [-0.39, 0.29) is 5.78 Å². The number of ketones is 1. The molecule has 0 unspecified atom stereocenters. The number of fused-ring (bicyclic) bond motifs is 1. The maximum Gasteiger partial charge on any atom is 0.161 e. The van der Waals surface area contributed by atoms with E-state index in [2.05, 4.69) is 43.6 Å². The van der Waals surface area contributed by atoms with E-state index in [1.54, 1.807) is 14.0 Å². The van der Waals surface area contributed by atoms with Crippen molar-refractivity contribution in [3.63, 3.8) is 0 Å². The molecular formula is C25H29BrN2O2. The molecule has 1 fully saturated rings. The molecule has 0 amide bonds. The molecule has 2 aromatic carbocycles. The number of benzene rings is 2. The maximum atomic E-state index is 12.1. The van der Waals surface area contributed by atoms with Crippen LogP contribution in [-0.4, -0.2) is 42.0 Å². The summed E-state index contributed by atoms with van der Waals surface area (Å²) in [6.45, 7) is 5.89. The average molecular weight is 469 g/mol. The minimum Gasteiger partial charge on any atom is -0.496 e. The quantitative estimate of drug-likeness (QED) is 0.405. The summed E-state index contributed by atoms with van der Waals surface area (Å²) in [6, 6.07) is 14.5. The number of para-hydroxylation sites is 2. The molecule has 1 aromatic heterocycles. The van der Waals surface area contributed by atoms with Crippen molar-refractivity contribution in [1.82, 2.24) is 9.47 Å². The zero-order valence-electron chi connectivity index (χ0n) is 17.7. The molecule has 0 atom stereocenters. The van der Waals surface area contributed by atoms with Crippen molar-refractivity contribution in [2.75, 3.05) is 26.7 Å². The van der Waals surface area contributed by atoms with Crippen LogP contribution in [0.25, 0.3) is 10.9 Å². The van der Waals surface area contributed by atoms with Gasteiger partial charge >= 0.3 is 0 Å². The number of carbonyl (C=O) groups is 1. The molecule has 0 N–H and O–H groups in total. The lowest BCUT2D eigenvalue weighted by molar-refractivity contribution is 0.101. The Morgan fingerprint density at radius 2 is 1.87 bits per heavy atom. The topological polar surface area (TPSA) is 34.5 Å². The standard InChI is InChI=1S/C25H29BrN2O2/c1-18(29)22-17-28(25-21(22)8-5-9-23(25)26)14-6-13-27-15-11-19(12-16-27)20-7-3-4-10-24(20)30-2/h3-5,7-10,17,19H,6,11-16H2,1-2H3. The molecule has 3 aromatic rings. The monoisotopic (exact) mass is 468 g/mol. The van der Waals surface area contributed by atoms with Gasteiger partial charge in [-0.3, -0.25) is 4.79 Å². The zero-order valence-corrected chi connectivity index (χ0v) is 19.3. The Kier molecular flexibility index (Phi) is 6.59. The Labute approximate surface area is 187 Å². The number of methoxy groups -OCH3 is 1. The number of rotatable bonds is 7. The van der Waals surface area contributed by atoms with E-state index in [1.165, 1.54) is 18.4 Å². The normalized spacial score (nSPS) is 15.6. The highest BCUT2D eigenvalue weighted by Gasteiger charge is 2.22. The van der Waals surface area contributed by atoms with Crippen LogP contribution in [0.3, 0.4) is 0 Å². The van der Waals surface area contributed by atoms with E-state index in [4.69, 9.17) is 4.74 Å². The number of aryl methyl sites for hydroxylation is 1. The molecule has 0 spiro atoms. The van der Waals surface area contributed by atoms with Crippen molar-refractivity contribution in [3.8, 4) is 5.75 Å². The number of halogens is 1. The number of nitrogens with zero attached hydrogens (tertiary/aromatic N) is 2. The van der Waals surface area contributed by atoms with Crippen LogP contribution < -0.4 is 4.74 Å². The Morgan fingerprint density at radius 3 is 2.60 bits per heavy atom. The first kappa shape index (κ1) is 21.1. The van der Waals surface area contributed by atoms with Gasteiger partial charge in [0.25, 0.3) is 0 Å². The minimum atomic E-state index is 0.121. The van der Waals surface area contributed by atoms with Crippen molar-refractivity contribution >= 4 is 32.6 Å². The van der Waals surface area contributed by atoms with Gasteiger partial charge in [-0.2, -0.15) is 0 Å². The van der Waals surface area contributed by atoms with Crippen LogP contribution in [0.5, 0.6) is 5.75 Å². The summed E-state index contributed by atoms with van der Waals surface area (Å²) in [7, 11) is 1.76. The predicted molar refractivity (Wildman–Crippen MR) is 126 cm³/mol. The number of hydrogen-bond donors (Lipinski definition) is 0. The van der Waals surface area contributed by atoms with Gasteiger partial charge in [-0.1, -0.05) is 30.3 Å². The number of piperidine rings is 1. The Morgan fingerprint density at radius 1 is 1.10 bits per heavy atom. The molecule has 1 saturated heterocycles. The van der Waals surface area contributed by atoms with Gasteiger partial charge in [0.1, 0.15) is 5.75 Å². The highest BCUT2D eigenvalue weighted by atomic mass is 79.9. The number of hydrogen-bond acceptors (Lipinski definition) is 3. The summed E-state index contributed by atoms with van der Waals surface area (Å²) < 4.78 is 8.84. The van der Waals surface area contributed by atoms with Crippen LogP contribution in [-0.2, 0) is 6.54 Å². The summed E-state index contributed by atoms with van der Waals surface area (Å²) in [5, 5.41) is 1.04. The van der Waals surface area contributed by atoms with Crippen LogP contribution in [0.1, 0.15) is 48.0 Å². The third kappa shape index (κ3) is 4.33. The molecule has 158 valence electrons. The fraction of sp³-hybridized carbons (Fsp3) is 0.400. The first-order valence-electron chi connectivity index (χ1n) is 10.7. The molecule has 0 radical (unpaired) electrons. The lowest BCUT2D eigenvalue weighted by Crippen LogP contribution is -2.34. The van der Waals surface area contributed by atoms with Crippen molar-refractivity contribution < 1.29 is 9.53 Å². The van der Waals surface area contributed by atoms with Gasteiger partial charge in [0.15, 0.2) is 5.78 Å². The predicted octanol–water partition coefficient (Wildman–Crippen LogP) is 5.88. The Hall–Kier alpha value is -2.11. The molecule has 5 heteroatoms. The second-order valence-electron chi connectivity index (χ2n) is 8.14. The smallest absolute Gasteiger partial charge is 0.161 e. The second-order valence-corrected chi connectivity index (χ2v) is 8.99. The molecule has 4 nitrogen and oxygen atoms in total. The van der Waals surface area contributed by atoms with Gasteiger partial charge in [0, 0.05) is 28.2 Å². The van der Waals surface area contributed by atoms with Gasteiger partial charge in [0.2, 0.25) is 0 Å². The molecule has 1 aliphatic rings. The Balaban J connectivity index is 1.36. The highest BCUT2D eigenvalue weighted by molar-refractivity contribution is 9.10. The lowest BCUT2D eigenvalue weighted by Gasteiger charge is -2.32. The number of Topliss-reactive ketones (excluding diaryl/α,β-unsaturated/α-hetero) is 1. The van der Waals surface area contributed by atoms with E-state index < -0.39 is 0 Å². The maximum absolute atomic E-state index is 12.1. The highest BCUT2D eigenvalue weighted by Crippen LogP contribution is 2.34. The van der Waals surface area contributed by atoms with Crippen LogP contribution in [0, 0.1) is 0 Å². The van der Waals surface area contributed by atoms with Crippen LogP contribution in [0.4, 0.5) is 0 Å². The number of ether oxygens (including phenoxy) is 1. The molecule has 4 rings (SSSR count). The number of aromatic nitrogens is 1. The molecule has 0 bridgehead atoms. The van der Waals surface area contributed by atoms with Crippen molar-refractivity contribution in [1.29, 1.82) is 0 Å². The number of likely N-dealkylation sites (tertiary alicyclic amines) is 1. The third-order valence-electron chi connectivity index (χ3n) is 6.27. The number of carbonyl (C=O) groups excluding carboxylic acids is 1. The van der Waals surface area contributed by atoms with E-state index >= 15 is 0 Å². The van der Waals surface area contributed by atoms with Gasteiger partial charge in [-0.15, -0.1) is 0 Å². The zero-order chi connectivity index (χ0) is 21.1. The van der Waals surface area contributed by atoms with Gasteiger partial charge in [-0.25, -0.2) is 0 Å². The van der Waals surface area contributed by atoms with Crippen molar-refractivity contribution in [2.24, 2.45) is 0 Å². The summed E-state index contributed by atoms with van der Waals surface area (Å²) in [5.41, 5.74) is 3.28. The van der Waals surface area contributed by atoms with E-state index in [1.807, 2.05) is 30.5 Å². The molecule has 30 heavy (non-hydrogen) atoms. The van der Waals surface area contributed by atoms with E-state index in [9.17, 15) is 4.79 Å². The summed E-state index contributed by atoms with van der Waals surface area (Å²) in [6.07, 6.45) is 5.44. The largest absolute Gasteiger partial charge is 0.496 e. The molecule has 0 aliphatic carbocycles. The van der Waals surface area contributed by atoms with Crippen molar-refractivity contribution in [2.45, 2.75) is 38.6 Å². The first-order valence-corrected chi connectivity index (χ1v) is 11.5. The van der Waals surface area contributed by atoms with Gasteiger partial charge in [-0.05, 0) is 85.4 Å². The van der Waals surface area contributed by atoms with Crippen LogP contribution in [0.2, 0.25) is 0 Å².